The molecule has 0 radical (unpaired) electrons. The number of anilines is 2. The molecule has 0 saturated carbocycles. The van der Waals surface area contributed by atoms with Crippen molar-refractivity contribution in [2.75, 3.05) is 36.0 Å². The fraction of sp³-hybridized carbons (Fsp3) is 0.391. The van der Waals surface area contributed by atoms with Crippen molar-refractivity contribution in [1.29, 1.82) is 0 Å². The molecular formula is C23H25N5O. The van der Waals surface area contributed by atoms with E-state index in [1.807, 2.05) is 12.1 Å². The number of Topliss-reactive ketones (excluding diaryl/α,β-unsaturated/α-hetero) is 1. The van der Waals surface area contributed by atoms with Crippen molar-refractivity contribution >= 4 is 28.3 Å². The molecule has 2 aliphatic rings. The second-order valence-electron chi connectivity index (χ2n) is 8.10. The van der Waals surface area contributed by atoms with Crippen LogP contribution in [0.5, 0.6) is 0 Å². The summed E-state index contributed by atoms with van der Waals surface area (Å²) in [6.45, 7) is 5.26. The van der Waals surface area contributed by atoms with Crippen LogP contribution in [0.25, 0.3) is 10.9 Å². The maximum atomic E-state index is 11.7. The van der Waals surface area contributed by atoms with Gasteiger partial charge in [-0.25, -0.2) is 9.97 Å². The first-order valence-electron chi connectivity index (χ1n) is 10.4. The van der Waals surface area contributed by atoms with Crippen LogP contribution in [-0.4, -0.2) is 46.9 Å². The van der Waals surface area contributed by atoms with Crippen molar-refractivity contribution in [1.82, 2.24) is 15.0 Å². The summed E-state index contributed by atoms with van der Waals surface area (Å²) in [4.78, 5) is 30.4. The van der Waals surface area contributed by atoms with Crippen molar-refractivity contribution in [3.8, 4) is 0 Å². The average Bonchev–Trinajstić information content (AvgIpc) is 2.73. The first kappa shape index (κ1) is 18.0. The van der Waals surface area contributed by atoms with E-state index in [9.17, 15) is 4.79 Å². The number of aromatic nitrogens is 3. The fourth-order valence-electron chi connectivity index (χ4n) is 4.44. The Balaban J connectivity index is 1.30. The summed E-state index contributed by atoms with van der Waals surface area (Å²) in [6, 6.07) is 12.4. The Bertz CT molecular complexity index is 1040. The zero-order chi connectivity index (χ0) is 19.8. The molecule has 6 heteroatoms. The van der Waals surface area contributed by atoms with Crippen LogP contribution >= 0.6 is 0 Å². The molecule has 148 valence electrons. The molecule has 0 unspecified atom stereocenters. The number of pyridine rings is 1. The number of carbonyl (C=O) groups is 1. The Morgan fingerprint density at radius 2 is 1.72 bits per heavy atom. The third-order valence-electron chi connectivity index (χ3n) is 6.25. The van der Waals surface area contributed by atoms with Gasteiger partial charge in [-0.2, -0.15) is 0 Å². The number of rotatable bonds is 4. The Kier molecular flexibility index (Phi) is 4.62. The van der Waals surface area contributed by atoms with E-state index in [2.05, 4.69) is 44.0 Å². The van der Waals surface area contributed by atoms with Gasteiger partial charge in [0.05, 0.1) is 11.2 Å². The molecule has 2 aliphatic heterocycles. The third-order valence-corrected chi connectivity index (χ3v) is 6.25. The molecule has 0 aliphatic carbocycles. The predicted molar refractivity (Wildman–Crippen MR) is 114 cm³/mol. The van der Waals surface area contributed by atoms with Gasteiger partial charge in [-0.05, 0) is 38.0 Å². The summed E-state index contributed by atoms with van der Waals surface area (Å²) in [5, 5.41) is 1.17. The highest BCUT2D eigenvalue weighted by Crippen LogP contribution is 2.35. The Morgan fingerprint density at radius 3 is 2.52 bits per heavy atom. The second kappa shape index (κ2) is 7.43. The van der Waals surface area contributed by atoms with Crippen LogP contribution in [0.4, 0.5) is 11.6 Å². The lowest BCUT2D eigenvalue weighted by Crippen LogP contribution is -2.47. The summed E-state index contributed by atoms with van der Waals surface area (Å²) in [5.74, 6) is 2.88. The minimum absolute atomic E-state index is 0.199. The highest BCUT2D eigenvalue weighted by Gasteiger charge is 2.34. The van der Waals surface area contributed by atoms with E-state index in [4.69, 9.17) is 4.98 Å². The van der Waals surface area contributed by atoms with E-state index in [0.29, 0.717) is 11.7 Å². The molecule has 2 saturated heterocycles. The monoisotopic (exact) mass is 387 g/mol. The normalized spacial score (nSPS) is 18.1. The van der Waals surface area contributed by atoms with Gasteiger partial charge in [-0.15, -0.1) is 0 Å². The van der Waals surface area contributed by atoms with Crippen LogP contribution in [0.2, 0.25) is 0 Å². The Hall–Kier alpha value is -3.02. The number of carbonyl (C=O) groups excluding carboxylic acids is 1. The van der Waals surface area contributed by atoms with E-state index in [-0.39, 0.29) is 5.92 Å². The smallest absolute Gasteiger partial charge is 0.150 e. The van der Waals surface area contributed by atoms with E-state index in [1.165, 1.54) is 5.39 Å². The summed E-state index contributed by atoms with van der Waals surface area (Å²) < 4.78 is 0. The molecule has 0 amide bonds. The molecule has 2 fully saturated rings. The van der Waals surface area contributed by atoms with Crippen LogP contribution in [0, 0.1) is 5.92 Å². The Morgan fingerprint density at radius 1 is 0.966 bits per heavy atom. The van der Waals surface area contributed by atoms with Gasteiger partial charge in [0.25, 0.3) is 0 Å². The SMILES string of the molecule is CC(=O)C1CCN(c2nccnc2C2CN(c3ccc4ccccc4n3)C2)CC1. The number of ketones is 1. The summed E-state index contributed by atoms with van der Waals surface area (Å²) in [5.41, 5.74) is 2.10. The minimum Gasteiger partial charge on any atom is -0.355 e. The predicted octanol–water partition coefficient (Wildman–Crippen LogP) is 3.43. The van der Waals surface area contributed by atoms with Gasteiger partial charge in [0.15, 0.2) is 5.82 Å². The summed E-state index contributed by atoms with van der Waals surface area (Å²) in [6.07, 6.45) is 5.38. The summed E-state index contributed by atoms with van der Waals surface area (Å²) in [7, 11) is 0. The number of hydrogen-bond acceptors (Lipinski definition) is 6. The highest BCUT2D eigenvalue weighted by atomic mass is 16.1. The zero-order valence-electron chi connectivity index (χ0n) is 16.7. The van der Waals surface area contributed by atoms with E-state index < -0.39 is 0 Å². The first-order valence-corrected chi connectivity index (χ1v) is 10.4. The third kappa shape index (κ3) is 3.43. The second-order valence-corrected chi connectivity index (χ2v) is 8.10. The van der Waals surface area contributed by atoms with Crippen molar-refractivity contribution in [2.45, 2.75) is 25.7 Å². The fourth-order valence-corrected chi connectivity index (χ4v) is 4.44. The molecule has 2 aromatic heterocycles. The van der Waals surface area contributed by atoms with Crippen LogP contribution in [-0.2, 0) is 4.79 Å². The average molecular weight is 387 g/mol. The quantitative estimate of drug-likeness (QED) is 0.683. The van der Waals surface area contributed by atoms with Gasteiger partial charge in [-0.1, -0.05) is 18.2 Å². The van der Waals surface area contributed by atoms with Gasteiger partial charge in [0.1, 0.15) is 11.6 Å². The van der Waals surface area contributed by atoms with Crippen LogP contribution in [0.3, 0.4) is 0 Å². The summed E-state index contributed by atoms with van der Waals surface area (Å²) >= 11 is 0. The molecule has 4 heterocycles. The first-order chi connectivity index (χ1) is 14.2. The highest BCUT2D eigenvalue weighted by molar-refractivity contribution is 5.80. The zero-order valence-corrected chi connectivity index (χ0v) is 16.7. The van der Waals surface area contributed by atoms with Crippen molar-refractivity contribution < 1.29 is 4.79 Å². The topological polar surface area (TPSA) is 62.2 Å². The van der Waals surface area contributed by atoms with Gasteiger partial charge in [0, 0.05) is 55.8 Å². The molecular weight excluding hydrogens is 362 g/mol. The lowest BCUT2D eigenvalue weighted by Gasteiger charge is -2.41. The molecule has 0 N–H and O–H groups in total. The minimum atomic E-state index is 0.199. The molecule has 3 aromatic rings. The molecule has 0 spiro atoms. The molecule has 6 nitrogen and oxygen atoms in total. The molecule has 5 rings (SSSR count). The maximum Gasteiger partial charge on any atom is 0.150 e. The maximum absolute atomic E-state index is 11.7. The number of benzene rings is 1. The molecule has 29 heavy (non-hydrogen) atoms. The van der Waals surface area contributed by atoms with Gasteiger partial charge < -0.3 is 9.80 Å². The lowest BCUT2D eigenvalue weighted by molar-refractivity contribution is -0.121. The van der Waals surface area contributed by atoms with E-state index in [0.717, 1.165) is 61.9 Å². The van der Waals surface area contributed by atoms with E-state index >= 15 is 0 Å². The van der Waals surface area contributed by atoms with Crippen LogP contribution in [0.1, 0.15) is 31.4 Å². The Labute approximate surface area is 170 Å². The molecule has 1 aromatic carbocycles. The standard InChI is InChI=1S/C23H25N5O/c1-16(29)17-8-12-27(13-9-17)23-22(24-10-11-25-23)19-14-28(15-19)21-7-6-18-4-2-3-5-20(18)26-21/h2-7,10-11,17,19H,8-9,12-15H2,1H3. The lowest BCUT2D eigenvalue weighted by atomic mass is 9.92. The van der Waals surface area contributed by atoms with Crippen molar-refractivity contribution in [2.24, 2.45) is 5.92 Å². The number of hydrogen-bond donors (Lipinski definition) is 0. The number of piperidine rings is 1. The van der Waals surface area contributed by atoms with E-state index in [1.54, 1.807) is 19.3 Å². The molecule has 0 bridgehead atoms. The van der Waals surface area contributed by atoms with Gasteiger partial charge >= 0.3 is 0 Å². The van der Waals surface area contributed by atoms with Crippen molar-refractivity contribution in [3.05, 3.63) is 54.5 Å². The number of para-hydroxylation sites is 1. The van der Waals surface area contributed by atoms with Crippen LogP contribution < -0.4 is 9.80 Å². The number of fused-ring (bicyclic) bond motifs is 1. The molecule has 0 atom stereocenters. The number of nitrogens with zero attached hydrogens (tertiary/aromatic N) is 5. The van der Waals surface area contributed by atoms with Crippen molar-refractivity contribution in [3.63, 3.8) is 0 Å². The van der Waals surface area contributed by atoms with Gasteiger partial charge in [0.2, 0.25) is 0 Å². The van der Waals surface area contributed by atoms with Crippen LogP contribution in [0.15, 0.2) is 48.8 Å². The van der Waals surface area contributed by atoms with Gasteiger partial charge in [-0.3, -0.25) is 9.78 Å². The largest absolute Gasteiger partial charge is 0.355 e.